The Kier molecular flexibility index (Phi) is 4.24. The van der Waals surface area contributed by atoms with Crippen LogP contribution in [-0.4, -0.2) is 16.5 Å². The Morgan fingerprint density at radius 2 is 2.05 bits per heavy atom. The highest BCUT2D eigenvalue weighted by Gasteiger charge is 2.03. The van der Waals surface area contributed by atoms with Crippen LogP contribution in [0.2, 0.25) is 0 Å². The van der Waals surface area contributed by atoms with E-state index >= 15 is 0 Å². The van der Waals surface area contributed by atoms with Crippen molar-refractivity contribution in [3.63, 3.8) is 0 Å². The number of aromatic nitrogens is 1. The molecule has 0 atom stereocenters. The minimum absolute atomic E-state index is 0.0881. The van der Waals surface area contributed by atoms with Gasteiger partial charge in [-0.05, 0) is 24.1 Å². The number of nitriles is 1. The summed E-state index contributed by atoms with van der Waals surface area (Å²) in [6.45, 7) is 0.639. The second-order valence-corrected chi connectivity index (χ2v) is 4.14. The van der Waals surface area contributed by atoms with Gasteiger partial charge in [0.15, 0.2) is 0 Å². The SMILES string of the molecule is N#Cc1ccnc(NCCc2ccc([N+](=O)[O-])cc2)c1. The maximum atomic E-state index is 10.5. The summed E-state index contributed by atoms with van der Waals surface area (Å²) in [6.07, 6.45) is 2.29. The molecular weight excluding hydrogens is 256 g/mol. The van der Waals surface area contributed by atoms with Crippen molar-refractivity contribution in [2.75, 3.05) is 11.9 Å². The fraction of sp³-hybridized carbons (Fsp3) is 0.143. The predicted molar refractivity (Wildman–Crippen MR) is 74.2 cm³/mol. The van der Waals surface area contributed by atoms with E-state index in [1.54, 1.807) is 30.5 Å². The maximum Gasteiger partial charge on any atom is 0.269 e. The number of hydrogen-bond acceptors (Lipinski definition) is 5. The molecule has 0 radical (unpaired) electrons. The zero-order valence-corrected chi connectivity index (χ0v) is 10.6. The Balaban J connectivity index is 1.89. The molecule has 0 spiro atoms. The van der Waals surface area contributed by atoms with E-state index in [0.29, 0.717) is 17.9 Å². The van der Waals surface area contributed by atoms with E-state index in [2.05, 4.69) is 10.3 Å². The quantitative estimate of drug-likeness (QED) is 0.664. The van der Waals surface area contributed by atoms with Gasteiger partial charge in [-0.2, -0.15) is 5.26 Å². The smallest absolute Gasteiger partial charge is 0.269 e. The Bertz CT molecular complexity index is 647. The van der Waals surface area contributed by atoms with E-state index in [0.717, 1.165) is 12.0 Å². The summed E-state index contributed by atoms with van der Waals surface area (Å²) in [5, 5.41) is 22.4. The van der Waals surface area contributed by atoms with Crippen LogP contribution in [0.1, 0.15) is 11.1 Å². The summed E-state index contributed by atoms with van der Waals surface area (Å²) in [5.74, 6) is 0.644. The van der Waals surface area contributed by atoms with E-state index < -0.39 is 4.92 Å². The van der Waals surface area contributed by atoms with Gasteiger partial charge >= 0.3 is 0 Å². The number of pyridine rings is 1. The average Bonchev–Trinajstić information content (AvgIpc) is 2.48. The Hall–Kier alpha value is -2.94. The van der Waals surface area contributed by atoms with Gasteiger partial charge in [0.1, 0.15) is 5.82 Å². The fourth-order valence-electron chi connectivity index (χ4n) is 1.72. The standard InChI is InChI=1S/C14H12N4O2/c15-10-12-6-8-17-14(9-12)16-7-5-11-1-3-13(4-2-11)18(19)20/h1-4,6,8-9H,5,7H2,(H,16,17). The van der Waals surface area contributed by atoms with Crippen molar-refractivity contribution in [1.82, 2.24) is 4.98 Å². The maximum absolute atomic E-state index is 10.5. The van der Waals surface area contributed by atoms with Gasteiger partial charge in [0.2, 0.25) is 0 Å². The number of non-ortho nitro benzene ring substituents is 1. The molecule has 0 unspecified atom stereocenters. The summed E-state index contributed by atoms with van der Waals surface area (Å²) in [5.41, 5.74) is 1.64. The van der Waals surface area contributed by atoms with Crippen molar-refractivity contribution in [2.24, 2.45) is 0 Å². The average molecular weight is 268 g/mol. The van der Waals surface area contributed by atoms with E-state index in [-0.39, 0.29) is 5.69 Å². The summed E-state index contributed by atoms with van der Waals surface area (Å²) >= 11 is 0. The van der Waals surface area contributed by atoms with Crippen LogP contribution in [0.5, 0.6) is 0 Å². The molecule has 0 amide bonds. The van der Waals surface area contributed by atoms with Gasteiger partial charge in [0.05, 0.1) is 16.6 Å². The molecule has 1 N–H and O–H groups in total. The third-order valence-electron chi connectivity index (χ3n) is 2.76. The van der Waals surface area contributed by atoms with Crippen molar-refractivity contribution >= 4 is 11.5 Å². The lowest BCUT2D eigenvalue weighted by Gasteiger charge is -2.05. The lowest BCUT2D eigenvalue weighted by atomic mass is 10.1. The highest BCUT2D eigenvalue weighted by atomic mass is 16.6. The normalized spacial score (nSPS) is 9.75. The molecule has 0 fully saturated rings. The summed E-state index contributed by atoms with van der Waals surface area (Å²) in [6, 6.07) is 11.8. The first-order valence-corrected chi connectivity index (χ1v) is 6.02. The van der Waals surface area contributed by atoms with Crippen molar-refractivity contribution < 1.29 is 4.92 Å². The monoisotopic (exact) mass is 268 g/mol. The highest BCUT2D eigenvalue weighted by molar-refractivity contribution is 5.42. The summed E-state index contributed by atoms with van der Waals surface area (Å²) in [7, 11) is 0. The lowest BCUT2D eigenvalue weighted by Crippen LogP contribution is -2.06. The number of nitro benzene ring substituents is 1. The van der Waals surface area contributed by atoms with Gasteiger partial charge in [-0.1, -0.05) is 12.1 Å². The van der Waals surface area contributed by atoms with Gasteiger partial charge in [-0.25, -0.2) is 4.98 Å². The number of rotatable bonds is 5. The first kappa shape index (κ1) is 13.5. The van der Waals surface area contributed by atoms with Gasteiger partial charge in [0.25, 0.3) is 5.69 Å². The number of nitro groups is 1. The van der Waals surface area contributed by atoms with Gasteiger partial charge < -0.3 is 5.32 Å². The van der Waals surface area contributed by atoms with Crippen molar-refractivity contribution in [3.05, 3.63) is 63.8 Å². The van der Waals surface area contributed by atoms with Crippen LogP contribution in [0, 0.1) is 21.4 Å². The van der Waals surface area contributed by atoms with Crippen molar-refractivity contribution in [3.8, 4) is 6.07 Å². The van der Waals surface area contributed by atoms with E-state index in [1.807, 2.05) is 6.07 Å². The molecule has 20 heavy (non-hydrogen) atoms. The van der Waals surface area contributed by atoms with Crippen LogP contribution in [0.4, 0.5) is 11.5 Å². The molecule has 1 aromatic carbocycles. The van der Waals surface area contributed by atoms with E-state index in [4.69, 9.17) is 5.26 Å². The van der Waals surface area contributed by atoms with Gasteiger partial charge in [0, 0.05) is 24.9 Å². The number of nitrogens with zero attached hydrogens (tertiary/aromatic N) is 3. The molecule has 6 nitrogen and oxygen atoms in total. The molecular formula is C14H12N4O2. The second-order valence-electron chi connectivity index (χ2n) is 4.14. The van der Waals surface area contributed by atoms with Crippen molar-refractivity contribution in [2.45, 2.75) is 6.42 Å². The highest BCUT2D eigenvalue weighted by Crippen LogP contribution is 2.12. The minimum atomic E-state index is -0.417. The third kappa shape index (κ3) is 3.53. The fourth-order valence-corrected chi connectivity index (χ4v) is 1.72. The van der Waals surface area contributed by atoms with Crippen LogP contribution in [0.15, 0.2) is 42.6 Å². The van der Waals surface area contributed by atoms with Crippen LogP contribution >= 0.6 is 0 Å². The van der Waals surface area contributed by atoms with Crippen LogP contribution in [-0.2, 0) is 6.42 Å². The Morgan fingerprint density at radius 1 is 1.30 bits per heavy atom. The van der Waals surface area contributed by atoms with Gasteiger partial charge in [-0.3, -0.25) is 10.1 Å². The zero-order valence-electron chi connectivity index (χ0n) is 10.6. The molecule has 0 aliphatic heterocycles. The Morgan fingerprint density at radius 3 is 2.70 bits per heavy atom. The first-order chi connectivity index (χ1) is 9.69. The Labute approximate surface area is 115 Å². The molecule has 0 aliphatic carbocycles. The molecule has 0 bridgehead atoms. The second kappa shape index (κ2) is 6.29. The molecule has 1 aromatic heterocycles. The van der Waals surface area contributed by atoms with Crippen LogP contribution < -0.4 is 5.32 Å². The molecule has 100 valence electrons. The first-order valence-electron chi connectivity index (χ1n) is 6.02. The molecule has 0 saturated carbocycles. The summed E-state index contributed by atoms with van der Waals surface area (Å²) < 4.78 is 0. The molecule has 2 rings (SSSR count). The van der Waals surface area contributed by atoms with E-state index in [1.165, 1.54) is 12.1 Å². The van der Waals surface area contributed by atoms with E-state index in [9.17, 15) is 10.1 Å². The topological polar surface area (TPSA) is 91.8 Å². The molecule has 6 heteroatoms. The van der Waals surface area contributed by atoms with Crippen LogP contribution in [0.3, 0.4) is 0 Å². The zero-order chi connectivity index (χ0) is 14.4. The third-order valence-corrected chi connectivity index (χ3v) is 2.76. The predicted octanol–water partition coefficient (Wildman–Crippen LogP) is 2.52. The van der Waals surface area contributed by atoms with Crippen LogP contribution in [0.25, 0.3) is 0 Å². The molecule has 2 aromatic rings. The molecule has 0 saturated heterocycles. The minimum Gasteiger partial charge on any atom is -0.370 e. The van der Waals surface area contributed by atoms with Crippen molar-refractivity contribution in [1.29, 1.82) is 5.26 Å². The molecule has 1 heterocycles. The van der Waals surface area contributed by atoms with Gasteiger partial charge in [-0.15, -0.1) is 0 Å². The summed E-state index contributed by atoms with van der Waals surface area (Å²) in [4.78, 5) is 14.2. The number of hydrogen-bond donors (Lipinski definition) is 1. The molecule has 0 aliphatic rings. The number of anilines is 1. The lowest BCUT2D eigenvalue weighted by molar-refractivity contribution is -0.384. The number of nitrogens with one attached hydrogen (secondary N) is 1. The number of benzene rings is 1. The largest absolute Gasteiger partial charge is 0.370 e.